The lowest BCUT2D eigenvalue weighted by Gasteiger charge is -2.33. The van der Waals surface area contributed by atoms with Gasteiger partial charge in [-0.1, -0.05) is 34.6 Å². The van der Waals surface area contributed by atoms with Crippen molar-refractivity contribution in [2.75, 3.05) is 18.0 Å². The monoisotopic (exact) mass is 309 g/mol. The fraction of sp³-hybridized carbons (Fsp3) is 0.824. The highest BCUT2D eigenvalue weighted by Gasteiger charge is 2.24. The van der Waals surface area contributed by atoms with E-state index < -0.39 is 0 Å². The SMILES string of the molecule is CCc1nc(N2CCC(C(C)C)CC2)sc1CNC(C)C. The summed E-state index contributed by atoms with van der Waals surface area (Å²) in [6, 6.07) is 0.530. The van der Waals surface area contributed by atoms with E-state index in [0.717, 1.165) is 24.8 Å². The molecule has 1 saturated heterocycles. The van der Waals surface area contributed by atoms with Crippen LogP contribution in [0.2, 0.25) is 0 Å². The Morgan fingerprint density at radius 1 is 1.24 bits per heavy atom. The number of thiazole rings is 1. The number of piperidine rings is 1. The molecule has 0 bridgehead atoms. The molecule has 2 rings (SSSR count). The predicted octanol–water partition coefficient (Wildman–Crippen LogP) is 4.08. The largest absolute Gasteiger partial charge is 0.348 e. The van der Waals surface area contributed by atoms with Crippen molar-refractivity contribution < 1.29 is 0 Å². The van der Waals surface area contributed by atoms with E-state index in [0.29, 0.717) is 6.04 Å². The molecule has 1 N–H and O–H groups in total. The Kier molecular flexibility index (Phi) is 6.06. The highest BCUT2D eigenvalue weighted by Crippen LogP contribution is 2.32. The predicted molar refractivity (Wildman–Crippen MR) is 93.2 cm³/mol. The molecule has 0 radical (unpaired) electrons. The quantitative estimate of drug-likeness (QED) is 0.858. The van der Waals surface area contributed by atoms with E-state index in [2.05, 4.69) is 44.8 Å². The first kappa shape index (κ1) is 16.8. The molecule has 0 unspecified atom stereocenters. The normalized spacial score (nSPS) is 17.2. The number of nitrogens with one attached hydrogen (secondary N) is 1. The Morgan fingerprint density at radius 2 is 1.90 bits per heavy atom. The van der Waals surface area contributed by atoms with Gasteiger partial charge in [0.1, 0.15) is 0 Å². The molecule has 1 aromatic heterocycles. The number of hydrogen-bond acceptors (Lipinski definition) is 4. The molecule has 1 aromatic rings. The molecule has 3 nitrogen and oxygen atoms in total. The first-order valence-corrected chi connectivity index (χ1v) is 9.29. The molecule has 4 heteroatoms. The van der Waals surface area contributed by atoms with Gasteiger partial charge in [0.25, 0.3) is 0 Å². The summed E-state index contributed by atoms with van der Waals surface area (Å²) in [5, 5.41) is 4.77. The average Bonchev–Trinajstić information content (AvgIpc) is 2.88. The number of hydrogen-bond donors (Lipinski definition) is 1. The number of rotatable bonds is 6. The molecule has 0 aliphatic carbocycles. The van der Waals surface area contributed by atoms with Crippen molar-refractivity contribution in [1.29, 1.82) is 0 Å². The van der Waals surface area contributed by atoms with E-state index in [9.17, 15) is 0 Å². The molecule has 1 aliphatic heterocycles. The van der Waals surface area contributed by atoms with Gasteiger partial charge in [-0.15, -0.1) is 11.3 Å². The molecule has 0 amide bonds. The van der Waals surface area contributed by atoms with E-state index >= 15 is 0 Å². The van der Waals surface area contributed by atoms with Crippen LogP contribution in [0.15, 0.2) is 0 Å². The molecule has 0 saturated carbocycles. The lowest BCUT2D eigenvalue weighted by molar-refractivity contribution is 0.311. The zero-order valence-electron chi connectivity index (χ0n) is 14.3. The highest BCUT2D eigenvalue weighted by molar-refractivity contribution is 7.15. The van der Waals surface area contributed by atoms with E-state index in [4.69, 9.17) is 4.98 Å². The van der Waals surface area contributed by atoms with Crippen LogP contribution in [0.1, 0.15) is 58.0 Å². The standard InChI is InChI=1S/C17H31N3S/c1-6-15-16(11-18-13(4)5)21-17(19-15)20-9-7-14(8-10-20)12(2)3/h12-14,18H,6-11H2,1-5H3. The molecule has 1 fully saturated rings. The zero-order valence-corrected chi connectivity index (χ0v) is 15.1. The maximum atomic E-state index is 4.90. The van der Waals surface area contributed by atoms with Gasteiger partial charge in [0, 0.05) is 30.6 Å². The molecular formula is C17H31N3S. The third-order valence-electron chi connectivity index (χ3n) is 4.53. The van der Waals surface area contributed by atoms with Crippen LogP contribution in [0.25, 0.3) is 0 Å². The summed E-state index contributed by atoms with van der Waals surface area (Å²) in [7, 11) is 0. The Morgan fingerprint density at radius 3 is 2.43 bits per heavy atom. The molecule has 0 atom stereocenters. The second kappa shape index (κ2) is 7.59. The minimum absolute atomic E-state index is 0.530. The maximum absolute atomic E-state index is 4.90. The van der Waals surface area contributed by atoms with Crippen molar-refractivity contribution in [1.82, 2.24) is 10.3 Å². The Bertz CT molecular complexity index is 431. The number of aryl methyl sites for hydroxylation is 1. The zero-order chi connectivity index (χ0) is 15.4. The second-order valence-corrected chi connectivity index (χ2v) is 7.89. The third kappa shape index (κ3) is 4.43. The lowest BCUT2D eigenvalue weighted by atomic mass is 9.87. The Labute approximate surface area is 134 Å². The molecule has 0 spiro atoms. The van der Waals surface area contributed by atoms with Crippen LogP contribution in [-0.2, 0) is 13.0 Å². The van der Waals surface area contributed by atoms with E-state index in [1.165, 1.54) is 41.6 Å². The van der Waals surface area contributed by atoms with E-state index in [-0.39, 0.29) is 0 Å². The second-order valence-electron chi connectivity index (χ2n) is 6.82. The van der Waals surface area contributed by atoms with Gasteiger partial charge in [0.2, 0.25) is 0 Å². The summed E-state index contributed by atoms with van der Waals surface area (Å²) >= 11 is 1.89. The van der Waals surface area contributed by atoms with Crippen LogP contribution in [0, 0.1) is 11.8 Å². The number of nitrogens with zero attached hydrogens (tertiary/aromatic N) is 2. The van der Waals surface area contributed by atoms with Crippen LogP contribution in [0.4, 0.5) is 5.13 Å². The molecule has 1 aliphatic rings. The van der Waals surface area contributed by atoms with Gasteiger partial charge in [0.15, 0.2) is 5.13 Å². The summed E-state index contributed by atoms with van der Waals surface area (Å²) in [6.07, 6.45) is 3.67. The summed E-state index contributed by atoms with van der Waals surface area (Å²) in [5.41, 5.74) is 1.29. The fourth-order valence-electron chi connectivity index (χ4n) is 2.97. The highest BCUT2D eigenvalue weighted by atomic mass is 32.1. The van der Waals surface area contributed by atoms with Gasteiger partial charge in [-0.2, -0.15) is 0 Å². The first-order chi connectivity index (χ1) is 10.0. The summed E-state index contributed by atoms with van der Waals surface area (Å²) in [6.45, 7) is 14.6. The Balaban J connectivity index is 2.00. The number of anilines is 1. The molecule has 21 heavy (non-hydrogen) atoms. The molecule has 0 aromatic carbocycles. The molecule has 2 heterocycles. The Hall–Kier alpha value is -0.610. The molecular weight excluding hydrogens is 278 g/mol. The summed E-state index contributed by atoms with van der Waals surface area (Å²) in [5.74, 6) is 1.72. The smallest absolute Gasteiger partial charge is 0.185 e. The minimum atomic E-state index is 0.530. The number of aromatic nitrogens is 1. The van der Waals surface area contributed by atoms with Crippen molar-refractivity contribution in [3.8, 4) is 0 Å². The van der Waals surface area contributed by atoms with Crippen LogP contribution >= 0.6 is 11.3 Å². The van der Waals surface area contributed by atoms with Gasteiger partial charge >= 0.3 is 0 Å². The van der Waals surface area contributed by atoms with Gasteiger partial charge in [-0.25, -0.2) is 4.98 Å². The van der Waals surface area contributed by atoms with Crippen LogP contribution in [-0.4, -0.2) is 24.1 Å². The first-order valence-electron chi connectivity index (χ1n) is 8.48. The van der Waals surface area contributed by atoms with Crippen LogP contribution < -0.4 is 10.2 Å². The van der Waals surface area contributed by atoms with Crippen molar-refractivity contribution in [2.24, 2.45) is 11.8 Å². The van der Waals surface area contributed by atoms with Crippen molar-refractivity contribution in [3.05, 3.63) is 10.6 Å². The lowest BCUT2D eigenvalue weighted by Crippen LogP contribution is -2.35. The summed E-state index contributed by atoms with van der Waals surface area (Å²) < 4.78 is 0. The maximum Gasteiger partial charge on any atom is 0.185 e. The summed E-state index contributed by atoms with van der Waals surface area (Å²) in [4.78, 5) is 8.83. The topological polar surface area (TPSA) is 28.2 Å². The van der Waals surface area contributed by atoms with Gasteiger partial charge in [-0.05, 0) is 31.1 Å². The van der Waals surface area contributed by atoms with Crippen LogP contribution in [0.5, 0.6) is 0 Å². The third-order valence-corrected chi connectivity index (χ3v) is 5.68. The van der Waals surface area contributed by atoms with E-state index in [1.807, 2.05) is 11.3 Å². The van der Waals surface area contributed by atoms with Gasteiger partial charge in [-0.3, -0.25) is 0 Å². The van der Waals surface area contributed by atoms with E-state index in [1.54, 1.807) is 0 Å². The fourth-order valence-corrected chi connectivity index (χ4v) is 4.12. The molecule has 120 valence electrons. The van der Waals surface area contributed by atoms with Crippen molar-refractivity contribution >= 4 is 16.5 Å². The van der Waals surface area contributed by atoms with Crippen molar-refractivity contribution in [2.45, 2.75) is 66.5 Å². The average molecular weight is 310 g/mol. The van der Waals surface area contributed by atoms with Gasteiger partial charge in [0.05, 0.1) is 5.69 Å². The van der Waals surface area contributed by atoms with Crippen LogP contribution in [0.3, 0.4) is 0 Å². The van der Waals surface area contributed by atoms with Gasteiger partial charge < -0.3 is 10.2 Å². The van der Waals surface area contributed by atoms with Crippen molar-refractivity contribution in [3.63, 3.8) is 0 Å². The minimum Gasteiger partial charge on any atom is -0.348 e.